The molecular formula is C18H14O3. The fourth-order valence-electron chi connectivity index (χ4n) is 2.12. The number of methoxy groups -OCH3 is 1. The van der Waals surface area contributed by atoms with Gasteiger partial charge >= 0.3 is 0 Å². The van der Waals surface area contributed by atoms with E-state index in [2.05, 4.69) is 0 Å². The summed E-state index contributed by atoms with van der Waals surface area (Å²) in [7, 11) is 1.58. The molecule has 3 nitrogen and oxygen atoms in total. The van der Waals surface area contributed by atoms with Gasteiger partial charge in [0.05, 0.1) is 12.7 Å². The Balaban J connectivity index is 1.81. The molecule has 0 aromatic heterocycles. The SMILES string of the molecule is COc1ccc2c(c1)O/C(=C/C=C/c1ccccc1)C2=O. The van der Waals surface area contributed by atoms with E-state index in [4.69, 9.17) is 9.47 Å². The molecule has 0 bridgehead atoms. The third-order valence-corrected chi connectivity index (χ3v) is 3.21. The van der Waals surface area contributed by atoms with Crippen LogP contribution in [0.25, 0.3) is 6.08 Å². The molecule has 2 aromatic rings. The van der Waals surface area contributed by atoms with Gasteiger partial charge in [0.2, 0.25) is 5.78 Å². The molecule has 3 heteroatoms. The van der Waals surface area contributed by atoms with Crippen LogP contribution in [0.3, 0.4) is 0 Å². The lowest BCUT2D eigenvalue weighted by atomic mass is 10.1. The van der Waals surface area contributed by atoms with Crippen molar-refractivity contribution in [1.82, 2.24) is 0 Å². The fourth-order valence-corrected chi connectivity index (χ4v) is 2.12. The summed E-state index contributed by atoms with van der Waals surface area (Å²) in [6.45, 7) is 0. The van der Waals surface area contributed by atoms with Gasteiger partial charge in [-0.05, 0) is 23.8 Å². The van der Waals surface area contributed by atoms with Gasteiger partial charge in [-0.2, -0.15) is 0 Å². The van der Waals surface area contributed by atoms with Crippen molar-refractivity contribution in [3.63, 3.8) is 0 Å². The Bertz CT molecular complexity index is 727. The summed E-state index contributed by atoms with van der Waals surface area (Å²) in [6.07, 6.45) is 5.42. The Morgan fingerprint density at radius 2 is 1.90 bits per heavy atom. The molecule has 2 aromatic carbocycles. The molecule has 0 N–H and O–H groups in total. The number of hydrogen-bond acceptors (Lipinski definition) is 3. The Labute approximate surface area is 123 Å². The highest BCUT2D eigenvalue weighted by atomic mass is 16.5. The number of carbonyl (C=O) groups excluding carboxylic acids is 1. The van der Waals surface area contributed by atoms with Crippen LogP contribution < -0.4 is 9.47 Å². The van der Waals surface area contributed by atoms with Gasteiger partial charge in [-0.15, -0.1) is 0 Å². The number of rotatable bonds is 3. The van der Waals surface area contributed by atoms with E-state index in [1.54, 1.807) is 31.4 Å². The second-order valence-corrected chi connectivity index (χ2v) is 4.59. The van der Waals surface area contributed by atoms with Gasteiger partial charge in [0.25, 0.3) is 0 Å². The lowest BCUT2D eigenvalue weighted by Gasteiger charge is -2.01. The lowest BCUT2D eigenvalue weighted by molar-refractivity contribution is 0.101. The number of fused-ring (bicyclic) bond motifs is 1. The summed E-state index contributed by atoms with van der Waals surface area (Å²) in [5.74, 6) is 1.43. The third-order valence-electron chi connectivity index (χ3n) is 3.21. The first kappa shape index (κ1) is 13.2. The van der Waals surface area contributed by atoms with Gasteiger partial charge in [-0.3, -0.25) is 4.79 Å². The molecule has 1 heterocycles. The van der Waals surface area contributed by atoms with E-state index in [-0.39, 0.29) is 5.78 Å². The van der Waals surface area contributed by atoms with E-state index in [1.165, 1.54) is 0 Å². The summed E-state index contributed by atoms with van der Waals surface area (Å²) < 4.78 is 10.7. The van der Waals surface area contributed by atoms with E-state index >= 15 is 0 Å². The van der Waals surface area contributed by atoms with Crippen LogP contribution in [0.15, 0.2) is 66.4 Å². The highest BCUT2D eigenvalue weighted by Crippen LogP contribution is 2.33. The average Bonchev–Trinajstić information content (AvgIpc) is 2.84. The van der Waals surface area contributed by atoms with Crippen LogP contribution in [0.5, 0.6) is 11.5 Å². The summed E-state index contributed by atoms with van der Waals surface area (Å²) in [4.78, 5) is 12.2. The molecule has 0 atom stereocenters. The molecule has 104 valence electrons. The van der Waals surface area contributed by atoms with Crippen LogP contribution >= 0.6 is 0 Å². The first-order valence-electron chi connectivity index (χ1n) is 6.62. The topological polar surface area (TPSA) is 35.5 Å². The van der Waals surface area contributed by atoms with Crippen molar-refractivity contribution in [3.8, 4) is 11.5 Å². The molecular weight excluding hydrogens is 264 g/mol. The molecule has 0 aliphatic carbocycles. The van der Waals surface area contributed by atoms with E-state index in [9.17, 15) is 4.79 Å². The van der Waals surface area contributed by atoms with Crippen molar-refractivity contribution in [3.05, 3.63) is 77.6 Å². The number of Topliss-reactive ketones (excluding diaryl/α,β-unsaturated/α-hetero) is 1. The van der Waals surface area contributed by atoms with Gasteiger partial charge in [-0.1, -0.05) is 42.5 Å². The van der Waals surface area contributed by atoms with Crippen LogP contribution in [0.1, 0.15) is 15.9 Å². The first-order valence-corrected chi connectivity index (χ1v) is 6.62. The Morgan fingerprint density at radius 3 is 2.67 bits per heavy atom. The number of allylic oxidation sites excluding steroid dienone is 3. The van der Waals surface area contributed by atoms with Crippen LogP contribution in [0.4, 0.5) is 0 Å². The zero-order chi connectivity index (χ0) is 14.7. The van der Waals surface area contributed by atoms with Crippen molar-refractivity contribution < 1.29 is 14.3 Å². The van der Waals surface area contributed by atoms with Crippen LogP contribution in [0.2, 0.25) is 0 Å². The summed E-state index contributed by atoms with van der Waals surface area (Å²) in [5, 5.41) is 0. The quantitative estimate of drug-likeness (QED) is 0.800. The second-order valence-electron chi connectivity index (χ2n) is 4.59. The van der Waals surface area contributed by atoms with Gasteiger partial charge in [-0.25, -0.2) is 0 Å². The monoisotopic (exact) mass is 278 g/mol. The van der Waals surface area contributed by atoms with Crippen molar-refractivity contribution >= 4 is 11.9 Å². The molecule has 0 saturated heterocycles. The molecule has 3 rings (SSSR count). The van der Waals surface area contributed by atoms with Crippen LogP contribution in [-0.4, -0.2) is 12.9 Å². The van der Waals surface area contributed by atoms with Gasteiger partial charge in [0.1, 0.15) is 11.5 Å². The molecule has 0 amide bonds. The number of carbonyl (C=O) groups is 1. The van der Waals surface area contributed by atoms with E-state index in [0.717, 1.165) is 5.56 Å². The minimum atomic E-state index is -0.106. The lowest BCUT2D eigenvalue weighted by Crippen LogP contribution is -1.97. The number of hydrogen-bond donors (Lipinski definition) is 0. The highest BCUT2D eigenvalue weighted by molar-refractivity contribution is 6.12. The number of ether oxygens (including phenoxy) is 2. The predicted molar refractivity (Wildman–Crippen MR) is 81.5 cm³/mol. The van der Waals surface area contributed by atoms with Crippen LogP contribution in [-0.2, 0) is 0 Å². The van der Waals surface area contributed by atoms with Crippen molar-refractivity contribution in [1.29, 1.82) is 0 Å². The average molecular weight is 278 g/mol. The maximum absolute atomic E-state index is 12.2. The smallest absolute Gasteiger partial charge is 0.231 e. The van der Waals surface area contributed by atoms with Crippen molar-refractivity contribution in [2.45, 2.75) is 0 Å². The van der Waals surface area contributed by atoms with Crippen LogP contribution in [0, 0.1) is 0 Å². The molecule has 0 spiro atoms. The standard InChI is InChI=1S/C18H14O3/c1-20-14-10-11-15-17(12-14)21-16(18(15)19)9-5-8-13-6-3-2-4-7-13/h2-12H,1H3/b8-5+,16-9+. The number of benzene rings is 2. The Kier molecular flexibility index (Phi) is 3.56. The molecule has 0 radical (unpaired) electrons. The molecule has 21 heavy (non-hydrogen) atoms. The summed E-state index contributed by atoms with van der Waals surface area (Å²) in [6, 6.07) is 15.1. The Hall–Kier alpha value is -2.81. The molecule has 0 saturated carbocycles. The number of ketones is 1. The fraction of sp³-hybridized carbons (Fsp3) is 0.0556. The Morgan fingerprint density at radius 1 is 1.10 bits per heavy atom. The largest absolute Gasteiger partial charge is 0.497 e. The second kappa shape index (κ2) is 5.67. The van der Waals surface area contributed by atoms with E-state index < -0.39 is 0 Å². The summed E-state index contributed by atoms with van der Waals surface area (Å²) in [5.41, 5.74) is 1.63. The molecule has 1 aliphatic rings. The van der Waals surface area contributed by atoms with Gasteiger partial charge in [0.15, 0.2) is 5.76 Å². The minimum Gasteiger partial charge on any atom is -0.497 e. The van der Waals surface area contributed by atoms with Crippen molar-refractivity contribution in [2.24, 2.45) is 0 Å². The summed E-state index contributed by atoms with van der Waals surface area (Å²) >= 11 is 0. The third kappa shape index (κ3) is 2.72. The molecule has 1 aliphatic heterocycles. The van der Waals surface area contributed by atoms with Gasteiger partial charge in [0, 0.05) is 6.07 Å². The van der Waals surface area contributed by atoms with Gasteiger partial charge < -0.3 is 9.47 Å². The highest BCUT2D eigenvalue weighted by Gasteiger charge is 2.26. The minimum absolute atomic E-state index is 0.106. The first-order chi connectivity index (χ1) is 10.3. The maximum Gasteiger partial charge on any atom is 0.231 e. The van der Waals surface area contributed by atoms with Crippen molar-refractivity contribution in [2.75, 3.05) is 7.11 Å². The van der Waals surface area contributed by atoms with E-state index in [0.29, 0.717) is 22.8 Å². The molecule has 0 unspecified atom stereocenters. The maximum atomic E-state index is 12.2. The zero-order valence-electron chi connectivity index (χ0n) is 11.6. The normalized spacial score (nSPS) is 15.3. The molecule has 0 fully saturated rings. The predicted octanol–water partition coefficient (Wildman–Crippen LogP) is 3.87. The van der Waals surface area contributed by atoms with E-state index in [1.807, 2.05) is 42.5 Å². The zero-order valence-corrected chi connectivity index (χ0v) is 11.6.